The van der Waals surface area contributed by atoms with Crippen LogP contribution in [-0.4, -0.2) is 13.4 Å². The third-order valence-electron chi connectivity index (χ3n) is 3.09. The van der Waals surface area contributed by atoms with Crippen LogP contribution in [0.15, 0.2) is 41.4 Å². The van der Waals surface area contributed by atoms with Crippen LogP contribution in [0.1, 0.15) is 11.1 Å². The van der Waals surface area contributed by atoms with E-state index in [1.165, 1.54) is 12.3 Å². The van der Waals surface area contributed by atoms with Gasteiger partial charge in [0.25, 0.3) is 10.0 Å². The highest BCUT2D eigenvalue weighted by Crippen LogP contribution is 2.21. The van der Waals surface area contributed by atoms with Crippen LogP contribution in [0.3, 0.4) is 0 Å². The molecule has 2 aromatic rings. The summed E-state index contributed by atoms with van der Waals surface area (Å²) in [7, 11) is -3.63. The molecule has 1 aromatic heterocycles. The van der Waals surface area contributed by atoms with Crippen LogP contribution >= 0.6 is 11.6 Å². The molecule has 0 saturated carbocycles. The minimum atomic E-state index is -3.63. The van der Waals surface area contributed by atoms with Crippen molar-refractivity contribution in [3.8, 4) is 0 Å². The first-order valence-electron chi connectivity index (χ1n) is 6.01. The molecule has 7 heteroatoms. The quantitative estimate of drug-likeness (QED) is 0.911. The number of hydrogen-bond acceptors (Lipinski definition) is 4. The topological polar surface area (TPSA) is 71.1 Å². The molecule has 2 heterocycles. The summed E-state index contributed by atoms with van der Waals surface area (Å²) in [5.41, 5.74) is 2.14. The third kappa shape index (κ3) is 2.63. The smallest absolute Gasteiger partial charge is 0.263 e. The Labute approximate surface area is 122 Å². The number of rotatable bonds is 3. The lowest BCUT2D eigenvalue weighted by Gasteiger charge is -2.08. The Balaban J connectivity index is 1.90. The Morgan fingerprint density at radius 2 is 1.95 bits per heavy atom. The molecule has 1 aliphatic rings. The van der Waals surface area contributed by atoms with Crippen molar-refractivity contribution in [3.63, 3.8) is 0 Å². The number of fused-ring (bicyclic) bond motifs is 1. The molecule has 0 saturated heterocycles. The van der Waals surface area contributed by atoms with Gasteiger partial charge in [0.2, 0.25) is 0 Å². The van der Waals surface area contributed by atoms with E-state index in [2.05, 4.69) is 15.0 Å². The van der Waals surface area contributed by atoms with E-state index in [0.717, 1.165) is 17.7 Å². The number of aromatic nitrogens is 1. The molecule has 0 amide bonds. The lowest BCUT2D eigenvalue weighted by atomic mass is 10.1. The zero-order valence-electron chi connectivity index (χ0n) is 10.4. The molecule has 0 bridgehead atoms. The molecule has 3 rings (SSSR count). The van der Waals surface area contributed by atoms with E-state index < -0.39 is 10.0 Å². The zero-order chi connectivity index (χ0) is 14.2. The zero-order valence-corrected chi connectivity index (χ0v) is 12.0. The molecule has 0 unspecified atom stereocenters. The largest absolute Gasteiger partial charge is 0.309 e. The maximum Gasteiger partial charge on any atom is 0.263 e. The van der Waals surface area contributed by atoms with E-state index >= 15 is 0 Å². The Morgan fingerprint density at radius 1 is 1.15 bits per heavy atom. The summed E-state index contributed by atoms with van der Waals surface area (Å²) in [6.45, 7) is 1.47. The molecule has 0 fully saturated rings. The molecule has 0 atom stereocenters. The molecule has 1 aromatic carbocycles. The van der Waals surface area contributed by atoms with Gasteiger partial charge in [-0.15, -0.1) is 0 Å². The molecule has 0 radical (unpaired) electrons. The summed E-state index contributed by atoms with van der Waals surface area (Å²) in [5.74, 6) is 0.244. The summed E-state index contributed by atoms with van der Waals surface area (Å²) in [6.07, 6.45) is 1.39. The fraction of sp³-hybridized carbons (Fsp3) is 0.154. The van der Waals surface area contributed by atoms with Crippen molar-refractivity contribution in [2.24, 2.45) is 0 Å². The second kappa shape index (κ2) is 5.05. The lowest BCUT2D eigenvalue weighted by molar-refractivity contribution is 0.601. The molecule has 1 aliphatic heterocycles. The van der Waals surface area contributed by atoms with Gasteiger partial charge in [0.05, 0.1) is 9.92 Å². The maximum atomic E-state index is 12.3. The van der Waals surface area contributed by atoms with Crippen LogP contribution < -0.4 is 10.0 Å². The van der Waals surface area contributed by atoms with Crippen LogP contribution in [0.2, 0.25) is 5.02 Å². The second-order valence-electron chi connectivity index (χ2n) is 4.50. The van der Waals surface area contributed by atoms with Gasteiger partial charge in [-0.3, -0.25) is 4.72 Å². The fourth-order valence-corrected chi connectivity index (χ4v) is 3.24. The molecule has 0 spiro atoms. The Kier molecular flexibility index (Phi) is 3.37. The van der Waals surface area contributed by atoms with Gasteiger partial charge in [-0.25, -0.2) is 13.4 Å². The Hall–Kier alpha value is -1.63. The summed E-state index contributed by atoms with van der Waals surface area (Å²) < 4.78 is 27.0. The Bertz CT molecular complexity index is 745. The molecule has 5 nitrogen and oxygen atoms in total. The van der Waals surface area contributed by atoms with Crippen molar-refractivity contribution in [2.45, 2.75) is 18.0 Å². The van der Waals surface area contributed by atoms with Crippen molar-refractivity contribution in [3.05, 3.63) is 52.7 Å². The van der Waals surface area contributed by atoms with Gasteiger partial charge >= 0.3 is 0 Å². The minimum Gasteiger partial charge on any atom is -0.309 e. The van der Waals surface area contributed by atoms with Crippen LogP contribution in [0.4, 0.5) is 5.82 Å². The second-order valence-corrected chi connectivity index (χ2v) is 6.62. The Morgan fingerprint density at radius 3 is 2.70 bits per heavy atom. The SMILES string of the molecule is O=S(=O)(Nc1ccc(Cl)cn1)c1ccc2c(c1)CNC2. The normalized spacial score (nSPS) is 14.1. The van der Waals surface area contributed by atoms with Gasteiger partial charge < -0.3 is 5.32 Å². The van der Waals surface area contributed by atoms with E-state index in [-0.39, 0.29) is 10.7 Å². The van der Waals surface area contributed by atoms with Crippen LogP contribution in [-0.2, 0) is 23.1 Å². The van der Waals surface area contributed by atoms with Crippen molar-refractivity contribution >= 4 is 27.4 Å². The number of hydrogen-bond donors (Lipinski definition) is 2. The van der Waals surface area contributed by atoms with Crippen molar-refractivity contribution < 1.29 is 8.42 Å². The average molecular weight is 310 g/mol. The van der Waals surface area contributed by atoms with Crippen LogP contribution in [0.25, 0.3) is 0 Å². The van der Waals surface area contributed by atoms with Crippen LogP contribution in [0, 0.1) is 0 Å². The summed E-state index contributed by atoms with van der Waals surface area (Å²) >= 11 is 5.72. The lowest BCUT2D eigenvalue weighted by Crippen LogP contribution is -2.14. The minimum absolute atomic E-state index is 0.233. The number of benzene rings is 1. The average Bonchev–Trinajstić information content (AvgIpc) is 2.88. The van der Waals surface area contributed by atoms with Gasteiger partial charge in [0, 0.05) is 19.3 Å². The molecule has 2 N–H and O–H groups in total. The number of pyridine rings is 1. The molecule has 0 aliphatic carbocycles. The molecular weight excluding hydrogens is 298 g/mol. The van der Waals surface area contributed by atoms with Crippen molar-refractivity contribution in [1.29, 1.82) is 0 Å². The summed E-state index contributed by atoms with van der Waals surface area (Å²) in [4.78, 5) is 4.16. The van der Waals surface area contributed by atoms with Crippen molar-refractivity contribution in [2.75, 3.05) is 4.72 Å². The first-order valence-corrected chi connectivity index (χ1v) is 7.88. The van der Waals surface area contributed by atoms with Gasteiger partial charge in [-0.05, 0) is 35.4 Å². The highest BCUT2D eigenvalue weighted by Gasteiger charge is 2.18. The maximum absolute atomic E-state index is 12.3. The van der Waals surface area contributed by atoms with E-state index in [9.17, 15) is 8.42 Å². The first kappa shape index (κ1) is 13.4. The number of sulfonamides is 1. The highest BCUT2D eigenvalue weighted by molar-refractivity contribution is 7.92. The van der Waals surface area contributed by atoms with E-state index in [0.29, 0.717) is 11.6 Å². The summed E-state index contributed by atoms with van der Waals surface area (Å²) in [6, 6.07) is 8.23. The van der Waals surface area contributed by atoms with Crippen LogP contribution in [0.5, 0.6) is 0 Å². The predicted octanol–water partition coefficient (Wildman–Crippen LogP) is 2.14. The van der Waals surface area contributed by atoms with Gasteiger partial charge in [-0.1, -0.05) is 17.7 Å². The summed E-state index contributed by atoms with van der Waals surface area (Å²) in [5, 5.41) is 3.64. The molecule has 104 valence electrons. The third-order valence-corrected chi connectivity index (χ3v) is 4.66. The van der Waals surface area contributed by atoms with E-state index in [4.69, 9.17) is 11.6 Å². The number of nitrogens with zero attached hydrogens (tertiary/aromatic N) is 1. The van der Waals surface area contributed by atoms with Gasteiger partial charge in [0.1, 0.15) is 5.82 Å². The molecular formula is C13H12ClN3O2S. The molecule has 20 heavy (non-hydrogen) atoms. The predicted molar refractivity (Wildman–Crippen MR) is 77.0 cm³/mol. The van der Waals surface area contributed by atoms with E-state index in [1.54, 1.807) is 18.2 Å². The first-order chi connectivity index (χ1) is 9.54. The monoisotopic (exact) mass is 309 g/mol. The highest BCUT2D eigenvalue weighted by atomic mass is 35.5. The fourth-order valence-electron chi connectivity index (χ4n) is 2.07. The van der Waals surface area contributed by atoms with Crippen molar-refractivity contribution in [1.82, 2.24) is 10.3 Å². The number of nitrogens with one attached hydrogen (secondary N) is 2. The number of halogens is 1. The standard InChI is InChI=1S/C13H12ClN3O2S/c14-11-2-4-13(16-8-11)17-20(18,19)12-3-1-9-6-15-7-10(9)5-12/h1-5,8,15H,6-7H2,(H,16,17). The van der Waals surface area contributed by atoms with Gasteiger partial charge in [-0.2, -0.15) is 0 Å². The van der Waals surface area contributed by atoms with E-state index in [1.807, 2.05) is 6.07 Å². The number of anilines is 1. The van der Waals surface area contributed by atoms with Gasteiger partial charge in [0.15, 0.2) is 0 Å².